The molecule has 11 heteroatoms. The highest BCUT2D eigenvalue weighted by atomic mass is 35.5. The van der Waals surface area contributed by atoms with Crippen molar-refractivity contribution in [2.75, 3.05) is 25.5 Å². The number of nitriles is 1. The number of carbonyl (C=O) groups is 1. The lowest BCUT2D eigenvalue weighted by atomic mass is 10.1. The Labute approximate surface area is 246 Å². The molecule has 1 N–H and O–H groups in total. The van der Waals surface area contributed by atoms with Crippen molar-refractivity contribution in [1.82, 2.24) is 19.8 Å². The number of likely N-dealkylation sites (N-methyl/N-ethyl adjacent to an activating group) is 1. The van der Waals surface area contributed by atoms with Gasteiger partial charge in [0.15, 0.2) is 11.6 Å². The number of ether oxygens (including phenoxy) is 1. The third kappa shape index (κ3) is 5.38. The van der Waals surface area contributed by atoms with E-state index in [2.05, 4.69) is 33.3 Å². The monoisotopic (exact) mass is 590 g/mol. The summed E-state index contributed by atoms with van der Waals surface area (Å²) in [6.45, 7) is 1.42. The number of amides is 1. The summed E-state index contributed by atoms with van der Waals surface area (Å²) in [7, 11) is 2.13. The van der Waals surface area contributed by atoms with Crippen LogP contribution in [0.2, 0.25) is 10.2 Å². The van der Waals surface area contributed by atoms with Crippen LogP contribution in [0.25, 0.3) is 10.9 Å². The first-order valence-corrected chi connectivity index (χ1v) is 13.9. The Balaban J connectivity index is 1.25. The van der Waals surface area contributed by atoms with Crippen LogP contribution in [0.1, 0.15) is 34.5 Å². The standard InChI is InChI=1S/C30H25Cl2FN6O2/c1-38-20-6-7-21(38)15-39(14-20)30(40)17-5-8-22-25(9-17)35-13-18(12-34)29(22)37-26-11-24(33)27(10-23(26)31)41-16-19-3-2-4-28(32)36-19/h2-5,8-11,13,20-21H,6-7,14-16H2,1H3,(H,35,37). The second-order valence-corrected chi connectivity index (χ2v) is 11.1. The molecule has 41 heavy (non-hydrogen) atoms. The summed E-state index contributed by atoms with van der Waals surface area (Å²) in [5.41, 5.74) is 2.50. The van der Waals surface area contributed by atoms with Gasteiger partial charge in [0.2, 0.25) is 0 Å². The van der Waals surface area contributed by atoms with Crippen molar-refractivity contribution in [1.29, 1.82) is 5.26 Å². The molecule has 0 aliphatic carbocycles. The van der Waals surface area contributed by atoms with E-state index in [4.69, 9.17) is 27.9 Å². The van der Waals surface area contributed by atoms with Crippen LogP contribution < -0.4 is 10.1 Å². The van der Waals surface area contributed by atoms with Gasteiger partial charge in [-0.3, -0.25) is 14.7 Å². The van der Waals surface area contributed by atoms with Crippen molar-refractivity contribution in [2.24, 2.45) is 0 Å². The van der Waals surface area contributed by atoms with Crippen molar-refractivity contribution < 1.29 is 13.9 Å². The summed E-state index contributed by atoms with van der Waals surface area (Å²) in [5, 5.41) is 14.0. The first-order valence-electron chi connectivity index (χ1n) is 13.1. The molecule has 2 atom stereocenters. The van der Waals surface area contributed by atoms with Crippen LogP contribution in [0, 0.1) is 17.1 Å². The minimum absolute atomic E-state index is 0.00462. The van der Waals surface area contributed by atoms with E-state index in [1.165, 1.54) is 18.3 Å². The van der Waals surface area contributed by atoms with Gasteiger partial charge in [0.05, 0.1) is 33.2 Å². The van der Waals surface area contributed by atoms with Gasteiger partial charge in [-0.05, 0) is 50.2 Å². The Morgan fingerprint density at radius 1 is 1.17 bits per heavy atom. The molecule has 2 aliphatic heterocycles. The number of nitrogens with one attached hydrogen (secondary N) is 1. The third-order valence-corrected chi connectivity index (χ3v) is 8.32. The zero-order chi connectivity index (χ0) is 28.7. The van der Waals surface area contributed by atoms with Crippen molar-refractivity contribution in [3.63, 3.8) is 0 Å². The van der Waals surface area contributed by atoms with Crippen LogP contribution in [-0.2, 0) is 6.61 Å². The van der Waals surface area contributed by atoms with E-state index in [1.54, 1.807) is 36.4 Å². The number of benzene rings is 2. The molecule has 0 radical (unpaired) electrons. The molecule has 6 rings (SSSR count). The first-order chi connectivity index (χ1) is 19.8. The van der Waals surface area contributed by atoms with E-state index in [0.29, 0.717) is 58.2 Å². The highest BCUT2D eigenvalue weighted by Crippen LogP contribution is 2.36. The summed E-state index contributed by atoms with van der Waals surface area (Å²) in [5.74, 6) is -0.737. The van der Waals surface area contributed by atoms with Gasteiger partial charge in [-0.25, -0.2) is 9.37 Å². The number of hydrogen-bond donors (Lipinski definition) is 1. The normalized spacial score (nSPS) is 18.4. The number of fused-ring (bicyclic) bond motifs is 3. The van der Waals surface area contributed by atoms with E-state index in [0.717, 1.165) is 12.8 Å². The molecule has 2 aromatic heterocycles. The molecule has 2 aliphatic rings. The van der Waals surface area contributed by atoms with Gasteiger partial charge < -0.3 is 15.0 Å². The van der Waals surface area contributed by atoms with Gasteiger partial charge in [-0.1, -0.05) is 29.3 Å². The predicted molar refractivity (Wildman–Crippen MR) is 155 cm³/mol. The Morgan fingerprint density at radius 2 is 1.95 bits per heavy atom. The molecular weight excluding hydrogens is 566 g/mol. The quantitative estimate of drug-likeness (QED) is 0.267. The Bertz CT molecular complexity index is 1700. The molecule has 208 valence electrons. The summed E-state index contributed by atoms with van der Waals surface area (Å²) in [6, 6.07) is 15.8. The lowest BCUT2D eigenvalue weighted by molar-refractivity contribution is 0.0524. The van der Waals surface area contributed by atoms with Crippen LogP contribution >= 0.6 is 23.2 Å². The summed E-state index contributed by atoms with van der Waals surface area (Å²) >= 11 is 12.4. The zero-order valence-electron chi connectivity index (χ0n) is 22.1. The molecule has 2 bridgehead atoms. The number of nitrogens with zero attached hydrogens (tertiary/aromatic N) is 5. The lowest BCUT2D eigenvalue weighted by Gasteiger charge is -2.38. The largest absolute Gasteiger partial charge is 0.484 e. The van der Waals surface area contributed by atoms with E-state index >= 15 is 4.39 Å². The highest BCUT2D eigenvalue weighted by molar-refractivity contribution is 6.33. The average Bonchev–Trinajstić information content (AvgIpc) is 3.16. The van der Waals surface area contributed by atoms with E-state index in [-0.39, 0.29) is 34.5 Å². The lowest BCUT2D eigenvalue weighted by Crippen LogP contribution is -2.53. The topological polar surface area (TPSA) is 94.4 Å². The average molecular weight is 591 g/mol. The minimum Gasteiger partial charge on any atom is -0.484 e. The molecule has 0 saturated carbocycles. The number of aromatic nitrogens is 2. The fourth-order valence-corrected chi connectivity index (χ4v) is 5.94. The maximum atomic E-state index is 15.0. The SMILES string of the molecule is CN1C2CCC1CN(C(=O)c1ccc3c(Nc4cc(F)c(OCc5cccc(Cl)n5)cc4Cl)c(C#N)cnc3c1)C2. The fraction of sp³-hybridized carbons (Fsp3) is 0.267. The molecule has 2 unspecified atom stereocenters. The van der Waals surface area contributed by atoms with Gasteiger partial charge in [-0.15, -0.1) is 0 Å². The van der Waals surface area contributed by atoms with Crippen LogP contribution in [0.15, 0.2) is 54.7 Å². The fourth-order valence-electron chi connectivity index (χ4n) is 5.56. The predicted octanol–water partition coefficient (Wildman–Crippen LogP) is 6.19. The number of likely N-dealkylation sites (tertiary alicyclic amines) is 1. The van der Waals surface area contributed by atoms with Crippen LogP contribution in [0.5, 0.6) is 5.75 Å². The Kier molecular flexibility index (Phi) is 7.39. The molecule has 2 aromatic carbocycles. The van der Waals surface area contributed by atoms with E-state index in [1.807, 2.05) is 4.90 Å². The number of carbonyl (C=O) groups excluding carboxylic acids is 1. The van der Waals surface area contributed by atoms with Gasteiger partial charge in [-0.2, -0.15) is 5.26 Å². The van der Waals surface area contributed by atoms with Gasteiger partial charge in [0.1, 0.15) is 17.8 Å². The van der Waals surface area contributed by atoms with Crippen LogP contribution in [0.3, 0.4) is 0 Å². The highest BCUT2D eigenvalue weighted by Gasteiger charge is 2.39. The second-order valence-electron chi connectivity index (χ2n) is 10.3. The molecule has 4 heterocycles. The van der Waals surface area contributed by atoms with Gasteiger partial charge >= 0.3 is 0 Å². The number of hydrogen-bond acceptors (Lipinski definition) is 7. The molecule has 4 aromatic rings. The Hall–Kier alpha value is -3.97. The maximum Gasteiger partial charge on any atom is 0.254 e. The van der Waals surface area contributed by atoms with Crippen molar-refractivity contribution in [3.05, 3.63) is 87.5 Å². The van der Waals surface area contributed by atoms with Crippen LogP contribution in [-0.4, -0.2) is 57.9 Å². The van der Waals surface area contributed by atoms with E-state index < -0.39 is 5.82 Å². The third-order valence-electron chi connectivity index (χ3n) is 7.80. The minimum atomic E-state index is -0.648. The Morgan fingerprint density at radius 3 is 2.68 bits per heavy atom. The molecular formula is C30H25Cl2FN6O2. The summed E-state index contributed by atoms with van der Waals surface area (Å²) in [6.07, 6.45) is 3.63. The van der Waals surface area contributed by atoms with Gasteiger partial charge in [0, 0.05) is 54.5 Å². The summed E-state index contributed by atoms with van der Waals surface area (Å²) < 4.78 is 20.6. The number of pyridine rings is 2. The van der Waals surface area contributed by atoms with Crippen molar-refractivity contribution >= 4 is 51.4 Å². The molecule has 8 nitrogen and oxygen atoms in total. The van der Waals surface area contributed by atoms with Crippen molar-refractivity contribution in [2.45, 2.75) is 31.5 Å². The molecule has 2 fully saturated rings. The number of rotatable bonds is 6. The van der Waals surface area contributed by atoms with E-state index in [9.17, 15) is 10.1 Å². The first kappa shape index (κ1) is 27.2. The molecule has 0 spiro atoms. The maximum absolute atomic E-state index is 15.0. The van der Waals surface area contributed by atoms with Crippen LogP contribution in [0.4, 0.5) is 15.8 Å². The smallest absolute Gasteiger partial charge is 0.254 e. The van der Waals surface area contributed by atoms with Crippen molar-refractivity contribution in [3.8, 4) is 11.8 Å². The number of piperazine rings is 1. The zero-order valence-corrected chi connectivity index (χ0v) is 23.6. The second kappa shape index (κ2) is 11.1. The number of anilines is 2. The van der Waals surface area contributed by atoms with Gasteiger partial charge in [0.25, 0.3) is 5.91 Å². The number of halogens is 3. The molecule has 1 amide bonds. The molecule has 2 saturated heterocycles. The summed E-state index contributed by atoms with van der Waals surface area (Å²) in [4.78, 5) is 26.2.